The first-order chi connectivity index (χ1) is 17.8. The Morgan fingerprint density at radius 2 is 1.76 bits per heavy atom. The van der Waals surface area contributed by atoms with Gasteiger partial charge in [-0.05, 0) is 49.7 Å². The molecular weight excluding hydrogens is 492 g/mol. The number of anilines is 1. The smallest absolute Gasteiger partial charge is 0.273 e. The third-order valence-corrected chi connectivity index (χ3v) is 6.43. The lowest BCUT2D eigenvalue weighted by Crippen LogP contribution is -2.25. The van der Waals surface area contributed by atoms with E-state index in [0.29, 0.717) is 11.0 Å². The van der Waals surface area contributed by atoms with Gasteiger partial charge >= 0.3 is 0 Å². The molecule has 0 atom stereocenters. The summed E-state index contributed by atoms with van der Waals surface area (Å²) in [6.07, 6.45) is 0. The van der Waals surface area contributed by atoms with E-state index in [4.69, 9.17) is 0 Å². The van der Waals surface area contributed by atoms with Gasteiger partial charge in [0.25, 0.3) is 11.6 Å². The van der Waals surface area contributed by atoms with Crippen LogP contribution in [0.1, 0.15) is 27.3 Å². The number of carbonyl (C=O) groups excluding carboxylic acids is 2. The molecule has 0 aliphatic carbocycles. The minimum absolute atomic E-state index is 0.0267. The second-order valence-corrected chi connectivity index (χ2v) is 9.11. The van der Waals surface area contributed by atoms with Gasteiger partial charge in [-0.3, -0.25) is 24.3 Å². The summed E-state index contributed by atoms with van der Waals surface area (Å²) in [6, 6.07) is 21.3. The van der Waals surface area contributed by atoms with Gasteiger partial charge in [0, 0.05) is 28.6 Å². The van der Waals surface area contributed by atoms with Gasteiger partial charge in [0.15, 0.2) is 11.0 Å². The molecule has 37 heavy (non-hydrogen) atoms. The molecule has 4 rings (SSSR count). The maximum Gasteiger partial charge on any atom is 0.273 e. The molecule has 0 radical (unpaired) electrons. The van der Waals surface area contributed by atoms with Gasteiger partial charge in [-0.25, -0.2) is 0 Å². The van der Waals surface area contributed by atoms with Crippen molar-refractivity contribution in [3.05, 3.63) is 105 Å². The van der Waals surface area contributed by atoms with Crippen LogP contribution < -0.4 is 10.6 Å². The van der Waals surface area contributed by atoms with Crippen molar-refractivity contribution in [1.82, 2.24) is 20.1 Å². The highest BCUT2D eigenvalue weighted by Crippen LogP contribution is 2.24. The molecule has 188 valence electrons. The lowest BCUT2D eigenvalue weighted by Gasteiger charge is -2.12. The molecule has 3 aromatic carbocycles. The van der Waals surface area contributed by atoms with Gasteiger partial charge in [-0.15, -0.1) is 10.2 Å². The number of carbonyl (C=O) groups is 2. The second-order valence-electron chi connectivity index (χ2n) is 8.17. The van der Waals surface area contributed by atoms with E-state index in [0.717, 1.165) is 16.9 Å². The number of aryl methyl sites for hydroxylation is 1. The van der Waals surface area contributed by atoms with E-state index in [1.54, 1.807) is 4.57 Å². The molecule has 10 nitrogen and oxygen atoms in total. The molecule has 0 spiro atoms. The van der Waals surface area contributed by atoms with E-state index in [1.807, 2.05) is 61.5 Å². The topological polar surface area (TPSA) is 132 Å². The van der Waals surface area contributed by atoms with Crippen molar-refractivity contribution in [3.8, 4) is 5.69 Å². The Kier molecular flexibility index (Phi) is 7.94. The summed E-state index contributed by atoms with van der Waals surface area (Å²) in [5.41, 5.74) is 2.90. The molecule has 0 fully saturated rings. The van der Waals surface area contributed by atoms with E-state index in [1.165, 1.54) is 36.9 Å². The van der Waals surface area contributed by atoms with E-state index >= 15 is 0 Å². The Bertz CT molecular complexity index is 1450. The van der Waals surface area contributed by atoms with E-state index in [2.05, 4.69) is 20.8 Å². The summed E-state index contributed by atoms with van der Waals surface area (Å²) in [5.74, 6) is -0.0907. The molecule has 0 bridgehead atoms. The standard InChI is InChI=1S/C26H24N6O4S/c1-17-8-6-9-19(14-17)28-24(33)16-37-26-30-29-23(31(26)20-10-4-3-5-11-20)15-27-25(34)21-12-7-13-22(18(21)2)32(35)36/h3-14H,15-16H2,1-2H3,(H,27,34)(H,28,33). The molecule has 1 aromatic heterocycles. The number of rotatable bonds is 9. The fourth-order valence-corrected chi connectivity index (χ4v) is 4.49. The average Bonchev–Trinajstić information content (AvgIpc) is 3.29. The third-order valence-electron chi connectivity index (χ3n) is 5.50. The molecule has 0 saturated heterocycles. The highest BCUT2D eigenvalue weighted by Gasteiger charge is 2.20. The van der Waals surface area contributed by atoms with Crippen LogP contribution in [0.4, 0.5) is 11.4 Å². The fraction of sp³-hybridized carbons (Fsp3) is 0.154. The zero-order valence-electron chi connectivity index (χ0n) is 20.2. The summed E-state index contributed by atoms with van der Waals surface area (Å²) in [7, 11) is 0. The molecule has 0 saturated carbocycles. The molecule has 11 heteroatoms. The first kappa shape index (κ1) is 25.6. The molecule has 1 heterocycles. The van der Waals surface area contributed by atoms with Crippen LogP contribution >= 0.6 is 11.8 Å². The lowest BCUT2D eigenvalue weighted by molar-refractivity contribution is -0.385. The number of para-hydroxylation sites is 1. The van der Waals surface area contributed by atoms with Crippen LogP contribution in [0, 0.1) is 24.0 Å². The van der Waals surface area contributed by atoms with Gasteiger partial charge < -0.3 is 10.6 Å². The van der Waals surface area contributed by atoms with Crippen molar-refractivity contribution in [2.75, 3.05) is 11.1 Å². The van der Waals surface area contributed by atoms with Gasteiger partial charge in [-0.2, -0.15) is 0 Å². The number of aromatic nitrogens is 3. The number of nitrogens with zero attached hydrogens (tertiary/aromatic N) is 4. The molecule has 2 amide bonds. The van der Waals surface area contributed by atoms with Crippen molar-refractivity contribution in [1.29, 1.82) is 0 Å². The first-order valence-corrected chi connectivity index (χ1v) is 12.3. The summed E-state index contributed by atoms with van der Waals surface area (Å²) < 4.78 is 1.77. The number of hydrogen-bond acceptors (Lipinski definition) is 7. The molecular formula is C26H24N6O4S. The molecule has 0 aliphatic heterocycles. The number of amides is 2. The van der Waals surface area contributed by atoms with Crippen LogP contribution in [-0.2, 0) is 11.3 Å². The predicted molar refractivity (Wildman–Crippen MR) is 141 cm³/mol. The summed E-state index contributed by atoms with van der Waals surface area (Å²) in [4.78, 5) is 36.1. The Labute approximate surface area is 217 Å². The Morgan fingerprint density at radius 1 is 1.00 bits per heavy atom. The molecule has 2 N–H and O–H groups in total. The average molecular weight is 517 g/mol. The van der Waals surface area contributed by atoms with Crippen molar-refractivity contribution >= 4 is 35.0 Å². The quantitative estimate of drug-likeness (QED) is 0.191. The first-order valence-electron chi connectivity index (χ1n) is 11.3. The maximum absolute atomic E-state index is 12.8. The van der Waals surface area contributed by atoms with E-state index in [-0.39, 0.29) is 35.0 Å². The Balaban J connectivity index is 1.50. The largest absolute Gasteiger partial charge is 0.345 e. The highest BCUT2D eigenvalue weighted by atomic mass is 32.2. The molecule has 4 aromatic rings. The van der Waals surface area contributed by atoms with Crippen LogP contribution in [0.15, 0.2) is 78.0 Å². The van der Waals surface area contributed by atoms with Crippen LogP contribution in [0.25, 0.3) is 5.69 Å². The maximum atomic E-state index is 12.8. The number of thioether (sulfide) groups is 1. The van der Waals surface area contributed by atoms with E-state index in [9.17, 15) is 19.7 Å². The van der Waals surface area contributed by atoms with Crippen LogP contribution in [0.3, 0.4) is 0 Å². The Hall–Kier alpha value is -4.51. The Morgan fingerprint density at radius 3 is 2.49 bits per heavy atom. The van der Waals surface area contributed by atoms with Crippen LogP contribution in [0.2, 0.25) is 0 Å². The highest BCUT2D eigenvalue weighted by molar-refractivity contribution is 7.99. The zero-order chi connectivity index (χ0) is 26.4. The number of nitrogens with one attached hydrogen (secondary N) is 2. The predicted octanol–water partition coefficient (Wildman–Crippen LogP) is 4.45. The number of benzene rings is 3. The second kappa shape index (κ2) is 11.5. The molecule has 0 aliphatic rings. The van der Waals surface area contributed by atoms with Crippen molar-refractivity contribution < 1.29 is 14.5 Å². The normalized spacial score (nSPS) is 10.6. The summed E-state index contributed by atoms with van der Waals surface area (Å²) in [6.45, 7) is 3.52. The number of nitro benzene ring substituents is 1. The SMILES string of the molecule is Cc1cccc(NC(=O)CSc2nnc(CNC(=O)c3cccc([N+](=O)[O-])c3C)n2-c2ccccc2)c1. The van der Waals surface area contributed by atoms with Gasteiger partial charge in [0.2, 0.25) is 5.91 Å². The lowest BCUT2D eigenvalue weighted by atomic mass is 10.1. The van der Waals surface area contributed by atoms with Crippen molar-refractivity contribution in [2.45, 2.75) is 25.5 Å². The summed E-state index contributed by atoms with van der Waals surface area (Å²) in [5, 5.41) is 25.8. The monoisotopic (exact) mass is 516 g/mol. The van der Waals surface area contributed by atoms with Gasteiger partial charge in [0.1, 0.15) is 0 Å². The third kappa shape index (κ3) is 6.19. The van der Waals surface area contributed by atoms with Crippen molar-refractivity contribution in [2.24, 2.45) is 0 Å². The summed E-state index contributed by atoms with van der Waals surface area (Å²) >= 11 is 1.22. The van der Waals surface area contributed by atoms with E-state index < -0.39 is 10.8 Å². The minimum Gasteiger partial charge on any atom is -0.345 e. The zero-order valence-corrected chi connectivity index (χ0v) is 21.0. The van der Waals surface area contributed by atoms with Crippen LogP contribution in [-0.4, -0.2) is 37.3 Å². The van der Waals surface area contributed by atoms with Gasteiger partial charge in [-0.1, -0.05) is 48.2 Å². The fourth-order valence-electron chi connectivity index (χ4n) is 3.72. The number of nitro groups is 1. The number of hydrogen-bond donors (Lipinski definition) is 2. The molecule has 0 unspecified atom stereocenters. The van der Waals surface area contributed by atoms with Crippen molar-refractivity contribution in [3.63, 3.8) is 0 Å². The van der Waals surface area contributed by atoms with Crippen LogP contribution in [0.5, 0.6) is 0 Å². The van der Waals surface area contributed by atoms with Gasteiger partial charge in [0.05, 0.1) is 17.2 Å². The minimum atomic E-state index is -0.517.